The Balaban J connectivity index is 0. The van der Waals surface area contributed by atoms with Crippen molar-refractivity contribution in [2.75, 3.05) is 0 Å². The third-order valence-corrected chi connectivity index (χ3v) is 1.73. The average molecular weight is 102 g/mol. The Morgan fingerprint density at radius 2 is 1.50 bits per heavy atom. The first-order valence-electron chi connectivity index (χ1n) is 2.23. The fourth-order valence-electron chi connectivity index (χ4n) is 0.289. The molecule has 0 heterocycles. The van der Waals surface area contributed by atoms with Crippen molar-refractivity contribution in [1.29, 1.82) is 0 Å². The van der Waals surface area contributed by atoms with Crippen LogP contribution in [0.2, 0.25) is 10.6 Å². The van der Waals surface area contributed by atoms with E-state index in [-0.39, 0.29) is 6.15 Å². The zero-order valence-corrected chi connectivity index (χ0v) is 5.85. The molecule has 3 N–H and O–H groups in total. The molecule has 2 heteroatoms. The van der Waals surface area contributed by atoms with E-state index in [1.807, 2.05) is 0 Å². The van der Waals surface area contributed by atoms with Crippen molar-refractivity contribution in [3.8, 4) is 0 Å². The molecule has 0 aliphatic heterocycles. The van der Waals surface area contributed by atoms with Gasteiger partial charge in [-0.15, -0.1) is 0 Å². The Labute approximate surface area is 46.4 Å². The third kappa shape index (κ3) is 8.82. The SMILES string of the molecule is C[CH2][Al+][CH2]C.N. The van der Waals surface area contributed by atoms with Gasteiger partial charge in [0.15, 0.2) is 0 Å². The minimum Gasteiger partial charge on any atom is -0.344 e. The second kappa shape index (κ2) is 9.09. The Kier molecular flexibility index (Phi) is 14.7. The summed E-state index contributed by atoms with van der Waals surface area (Å²) in [6, 6.07) is 0. The van der Waals surface area contributed by atoms with Gasteiger partial charge >= 0.3 is 39.6 Å². The van der Waals surface area contributed by atoms with E-state index >= 15 is 0 Å². The summed E-state index contributed by atoms with van der Waals surface area (Å²) >= 11 is 0.815. The van der Waals surface area contributed by atoms with E-state index in [4.69, 9.17) is 0 Å². The second-order valence-corrected chi connectivity index (χ2v) is 3.32. The van der Waals surface area contributed by atoms with E-state index in [2.05, 4.69) is 13.8 Å². The Hall–Kier alpha value is 0.492. The van der Waals surface area contributed by atoms with Crippen LogP contribution in [-0.2, 0) is 0 Å². The zero-order valence-electron chi connectivity index (χ0n) is 4.70. The monoisotopic (exact) mass is 102 g/mol. The zero-order chi connectivity index (χ0) is 4.12. The maximum Gasteiger partial charge on any atom is -0.344 e. The van der Waals surface area contributed by atoms with E-state index in [0.717, 1.165) is 15.2 Å². The van der Waals surface area contributed by atoms with Crippen molar-refractivity contribution in [3.63, 3.8) is 0 Å². The molecule has 0 spiro atoms. The van der Waals surface area contributed by atoms with Crippen LogP contribution in [0.25, 0.3) is 0 Å². The van der Waals surface area contributed by atoms with Crippen LogP contribution in [0.1, 0.15) is 13.8 Å². The summed E-state index contributed by atoms with van der Waals surface area (Å²) in [5, 5.41) is 2.85. The maximum absolute atomic E-state index is 2.25. The standard InChI is InChI=1S/2C2H5.Al.H3N/c2*1-2;;/h2*1H2,2H3;;1H3/q;;+1;. The van der Waals surface area contributed by atoms with Gasteiger partial charge in [-0.3, -0.25) is 0 Å². The molecule has 0 bridgehead atoms. The van der Waals surface area contributed by atoms with Gasteiger partial charge in [0.1, 0.15) is 0 Å². The number of rotatable bonds is 2. The molecule has 1 nitrogen and oxygen atoms in total. The van der Waals surface area contributed by atoms with Gasteiger partial charge in [0, 0.05) is 0 Å². The third-order valence-electron chi connectivity index (χ3n) is 0.577. The van der Waals surface area contributed by atoms with Gasteiger partial charge in [-0.2, -0.15) is 0 Å². The van der Waals surface area contributed by atoms with Crippen LogP contribution in [-0.4, -0.2) is 15.2 Å². The van der Waals surface area contributed by atoms with Crippen molar-refractivity contribution in [3.05, 3.63) is 0 Å². The molecule has 0 saturated carbocycles. The van der Waals surface area contributed by atoms with Crippen LogP contribution in [0.4, 0.5) is 0 Å². The molecule has 0 unspecified atom stereocenters. The molecule has 0 rings (SSSR count). The van der Waals surface area contributed by atoms with Gasteiger partial charge in [-0.25, -0.2) is 0 Å². The summed E-state index contributed by atoms with van der Waals surface area (Å²) in [5.74, 6) is 0. The summed E-state index contributed by atoms with van der Waals surface area (Å²) < 4.78 is 0. The molecule has 0 aliphatic rings. The second-order valence-electron chi connectivity index (χ2n) is 1.11. The van der Waals surface area contributed by atoms with Crippen LogP contribution in [0.5, 0.6) is 0 Å². The minimum absolute atomic E-state index is 0. The molecule has 0 fully saturated rings. The van der Waals surface area contributed by atoms with Crippen LogP contribution in [0.15, 0.2) is 0 Å². The van der Waals surface area contributed by atoms with Crippen LogP contribution in [0.3, 0.4) is 0 Å². The molecule has 0 aliphatic carbocycles. The van der Waals surface area contributed by atoms with Gasteiger partial charge in [0.25, 0.3) is 0 Å². The largest absolute Gasteiger partial charge is 0.344 e. The molecule has 0 saturated heterocycles. The van der Waals surface area contributed by atoms with E-state index in [0.29, 0.717) is 0 Å². The Morgan fingerprint density at radius 1 is 1.17 bits per heavy atom. The molecule has 0 aromatic carbocycles. The molecule has 0 radical (unpaired) electrons. The van der Waals surface area contributed by atoms with Crippen molar-refractivity contribution >= 4 is 15.2 Å². The molecule has 0 aromatic heterocycles. The van der Waals surface area contributed by atoms with Gasteiger partial charge in [0.2, 0.25) is 0 Å². The summed E-state index contributed by atoms with van der Waals surface area (Å²) in [6.07, 6.45) is 0. The first-order valence-corrected chi connectivity index (χ1v) is 3.86. The van der Waals surface area contributed by atoms with E-state index in [1.54, 1.807) is 0 Å². The van der Waals surface area contributed by atoms with E-state index in [1.165, 1.54) is 10.6 Å². The molecule has 36 valence electrons. The maximum atomic E-state index is 2.25. The number of hydrogen-bond donors (Lipinski definition) is 1. The van der Waals surface area contributed by atoms with Crippen LogP contribution >= 0.6 is 0 Å². The molecule has 6 heavy (non-hydrogen) atoms. The molecule has 0 amide bonds. The first-order chi connectivity index (χ1) is 2.41. The fraction of sp³-hybridized carbons (Fsp3) is 1.00. The normalized spacial score (nSPS) is 5.67. The quantitative estimate of drug-likeness (QED) is 0.529. The van der Waals surface area contributed by atoms with Crippen molar-refractivity contribution in [2.24, 2.45) is 0 Å². The predicted molar refractivity (Wildman–Crippen MR) is 31.7 cm³/mol. The summed E-state index contributed by atoms with van der Waals surface area (Å²) in [5.41, 5.74) is 0. The molecule has 0 atom stereocenters. The van der Waals surface area contributed by atoms with Crippen molar-refractivity contribution < 1.29 is 0 Å². The first kappa shape index (κ1) is 9.70. The van der Waals surface area contributed by atoms with E-state index in [9.17, 15) is 0 Å². The summed E-state index contributed by atoms with van der Waals surface area (Å²) in [4.78, 5) is 0. The fourth-order valence-corrected chi connectivity index (χ4v) is 0.866. The van der Waals surface area contributed by atoms with Crippen molar-refractivity contribution in [1.82, 2.24) is 6.15 Å². The Bertz CT molecular complexity index is 15.0. The van der Waals surface area contributed by atoms with Crippen LogP contribution < -0.4 is 6.15 Å². The van der Waals surface area contributed by atoms with Gasteiger partial charge in [0.05, 0.1) is 0 Å². The van der Waals surface area contributed by atoms with Crippen LogP contribution in [0, 0.1) is 0 Å². The predicted octanol–water partition coefficient (Wildman–Crippen LogP) is 1.73. The average Bonchev–Trinajstić information content (AvgIpc) is 1.41. The minimum atomic E-state index is 0. The summed E-state index contributed by atoms with van der Waals surface area (Å²) in [6.45, 7) is 4.50. The number of hydrogen-bond acceptors (Lipinski definition) is 1. The molecular formula is C4H13AlN+. The topological polar surface area (TPSA) is 35.0 Å². The smallest absolute Gasteiger partial charge is 0.344 e. The van der Waals surface area contributed by atoms with Gasteiger partial charge in [-0.1, -0.05) is 0 Å². The van der Waals surface area contributed by atoms with E-state index < -0.39 is 0 Å². The van der Waals surface area contributed by atoms with Crippen molar-refractivity contribution in [2.45, 2.75) is 24.4 Å². The summed E-state index contributed by atoms with van der Waals surface area (Å²) in [7, 11) is 0. The molecule has 0 aromatic rings. The molecular weight excluding hydrogens is 89.0 g/mol. The van der Waals surface area contributed by atoms with Gasteiger partial charge in [-0.05, 0) is 0 Å². The van der Waals surface area contributed by atoms with Gasteiger partial charge < -0.3 is 6.15 Å². The Morgan fingerprint density at radius 3 is 1.50 bits per heavy atom.